The van der Waals surface area contributed by atoms with Crippen LogP contribution in [0.4, 0.5) is 0 Å². The summed E-state index contributed by atoms with van der Waals surface area (Å²) in [4.78, 5) is 4.94. The predicted octanol–water partition coefficient (Wildman–Crippen LogP) is 2.74. The number of rotatable bonds is 6. The highest BCUT2D eigenvalue weighted by atomic mass is 79.9. The lowest BCUT2D eigenvalue weighted by atomic mass is 10.0. The first-order chi connectivity index (χ1) is 9.61. The van der Waals surface area contributed by atoms with Crippen LogP contribution in [0.25, 0.3) is 0 Å². The van der Waals surface area contributed by atoms with E-state index in [0.717, 1.165) is 19.0 Å². The minimum atomic E-state index is 0.420. The summed E-state index contributed by atoms with van der Waals surface area (Å²) in [5, 5.41) is 3.45. The van der Waals surface area contributed by atoms with Crippen molar-refractivity contribution in [3.05, 3.63) is 34.3 Å². The molecule has 1 aliphatic heterocycles. The first kappa shape index (κ1) is 16.0. The summed E-state index contributed by atoms with van der Waals surface area (Å²) in [6.07, 6.45) is 2.45. The fourth-order valence-corrected chi connectivity index (χ4v) is 3.52. The molecular formula is C16H26BrN3. The molecule has 1 N–H and O–H groups in total. The van der Waals surface area contributed by atoms with Gasteiger partial charge >= 0.3 is 0 Å². The maximum absolute atomic E-state index is 3.66. The van der Waals surface area contributed by atoms with E-state index in [4.69, 9.17) is 0 Å². The number of nitrogens with one attached hydrogen (secondary N) is 1. The Morgan fingerprint density at radius 1 is 1.40 bits per heavy atom. The van der Waals surface area contributed by atoms with Gasteiger partial charge in [-0.2, -0.15) is 0 Å². The Morgan fingerprint density at radius 2 is 2.15 bits per heavy atom. The SMILES string of the molecule is CNC(CCN1CCC(N(C)C)C1)c1ccccc1Br. The maximum Gasteiger partial charge on any atom is 0.0340 e. The first-order valence-corrected chi connectivity index (χ1v) is 8.21. The van der Waals surface area contributed by atoms with Crippen molar-refractivity contribution in [1.82, 2.24) is 15.1 Å². The van der Waals surface area contributed by atoms with E-state index in [-0.39, 0.29) is 0 Å². The lowest BCUT2D eigenvalue weighted by Crippen LogP contribution is -2.32. The molecule has 0 amide bonds. The molecular weight excluding hydrogens is 314 g/mol. The maximum atomic E-state index is 3.66. The summed E-state index contributed by atoms with van der Waals surface area (Å²) in [7, 11) is 6.42. The van der Waals surface area contributed by atoms with Crippen molar-refractivity contribution < 1.29 is 0 Å². The lowest BCUT2D eigenvalue weighted by molar-refractivity contribution is 0.260. The van der Waals surface area contributed by atoms with Gasteiger partial charge in [-0.25, -0.2) is 0 Å². The average Bonchev–Trinajstić information content (AvgIpc) is 2.90. The fraction of sp³-hybridized carbons (Fsp3) is 0.625. The van der Waals surface area contributed by atoms with Crippen LogP contribution < -0.4 is 5.32 Å². The zero-order chi connectivity index (χ0) is 14.5. The Hall–Kier alpha value is -0.420. The third kappa shape index (κ3) is 4.04. The Kier molecular flexibility index (Phi) is 6.02. The molecule has 4 heteroatoms. The van der Waals surface area contributed by atoms with Gasteiger partial charge in [0.25, 0.3) is 0 Å². The van der Waals surface area contributed by atoms with E-state index in [1.165, 1.54) is 29.5 Å². The third-order valence-corrected chi connectivity index (χ3v) is 5.06. The van der Waals surface area contributed by atoms with Crippen molar-refractivity contribution in [1.29, 1.82) is 0 Å². The van der Waals surface area contributed by atoms with Crippen molar-refractivity contribution in [2.24, 2.45) is 0 Å². The Balaban J connectivity index is 1.88. The minimum absolute atomic E-state index is 0.420. The van der Waals surface area contributed by atoms with Crippen molar-refractivity contribution in [3.8, 4) is 0 Å². The minimum Gasteiger partial charge on any atom is -0.313 e. The molecule has 0 saturated carbocycles. The molecule has 2 rings (SSSR count). The average molecular weight is 340 g/mol. The molecule has 1 fully saturated rings. The molecule has 1 saturated heterocycles. The molecule has 0 aliphatic carbocycles. The van der Waals surface area contributed by atoms with Gasteiger partial charge in [0.15, 0.2) is 0 Å². The highest BCUT2D eigenvalue weighted by Crippen LogP contribution is 2.26. The van der Waals surface area contributed by atoms with Crippen LogP contribution >= 0.6 is 15.9 Å². The van der Waals surface area contributed by atoms with Crippen LogP contribution in [-0.2, 0) is 0 Å². The number of nitrogens with zero attached hydrogens (tertiary/aromatic N) is 2. The van der Waals surface area contributed by atoms with Crippen molar-refractivity contribution in [2.45, 2.75) is 24.9 Å². The number of benzene rings is 1. The van der Waals surface area contributed by atoms with E-state index < -0.39 is 0 Å². The number of likely N-dealkylation sites (N-methyl/N-ethyl adjacent to an activating group) is 1. The quantitative estimate of drug-likeness (QED) is 0.859. The molecule has 1 aromatic carbocycles. The summed E-state index contributed by atoms with van der Waals surface area (Å²) >= 11 is 3.66. The highest BCUT2D eigenvalue weighted by molar-refractivity contribution is 9.10. The molecule has 1 aliphatic rings. The van der Waals surface area contributed by atoms with E-state index >= 15 is 0 Å². The molecule has 3 nitrogen and oxygen atoms in total. The number of hydrogen-bond acceptors (Lipinski definition) is 3. The van der Waals surface area contributed by atoms with Gasteiger partial charge < -0.3 is 15.1 Å². The summed E-state index contributed by atoms with van der Waals surface area (Å²) < 4.78 is 1.20. The van der Waals surface area contributed by atoms with Crippen LogP contribution in [0.3, 0.4) is 0 Å². The number of halogens is 1. The summed E-state index contributed by atoms with van der Waals surface area (Å²) in [6.45, 7) is 3.60. The molecule has 2 atom stereocenters. The second-order valence-electron chi connectivity index (χ2n) is 5.86. The van der Waals surface area contributed by atoms with Gasteiger partial charge in [0.05, 0.1) is 0 Å². The monoisotopic (exact) mass is 339 g/mol. The number of hydrogen-bond donors (Lipinski definition) is 1. The first-order valence-electron chi connectivity index (χ1n) is 7.42. The smallest absolute Gasteiger partial charge is 0.0340 e. The zero-order valence-electron chi connectivity index (χ0n) is 12.8. The predicted molar refractivity (Wildman–Crippen MR) is 89.1 cm³/mol. The second kappa shape index (κ2) is 7.55. The number of likely N-dealkylation sites (tertiary alicyclic amines) is 1. The van der Waals surface area contributed by atoms with E-state index in [1.54, 1.807) is 0 Å². The van der Waals surface area contributed by atoms with Crippen molar-refractivity contribution in [3.63, 3.8) is 0 Å². The van der Waals surface area contributed by atoms with E-state index in [9.17, 15) is 0 Å². The van der Waals surface area contributed by atoms with E-state index in [0.29, 0.717) is 6.04 Å². The van der Waals surface area contributed by atoms with Gasteiger partial charge in [-0.15, -0.1) is 0 Å². The van der Waals surface area contributed by atoms with Crippen molar-refractivity contribution in [2.75, 3.05) is 40.8 Å². The van der Waals surface area contributed by atoms with Crippen LogP contribution in [0.1, 0.15) is 24.4 Å². The van der Waals surface area contributed by atoms with Crippen LogP contribution in [0.5, 0.6) is 0 Å². The standard InChI is InChI=1S/C16H26BrN3/c1-18-16(14-6-4-5-7-15(14)17)9-11-20-10-8-13(12-20)19(2)3/h4-7,13,16,18H,8-12H2,1-3H3. The normalized spacial score (nSPS) is 21.6. The Morgan fingerprint density at radius 3 is 2.75 bits per heavy atom. The highest BCUT2D eigenvalue weighted by Gasteiger charge is 2.24. The molecule has 2 unspecified atom stereocenters. The molecule has 1 heterocycles. The van der Waals surface area contributed by atoms with Crippen LogP contribution in [-0.4, -0.2) is 56.6 Å². The fourth-order valence-electron chi connectivity index (χ4n) is 2.96. The Labute approximate surface area is 131 Å². The molecule has 1 aromatic rings. The van der Waals surface area contributed by atoms with Gasteiger partial charge in [-0.3, -0.25) is 0 Å². The topological polar surface area (TPSA) is 18.5 Å². The van der Waals surface area contributed by atoms with E-state index in [2.05, 4.69) is 76.5 Å². The molecule has 112 valence electrons. The van der Waals surface area contributed by atoms with Gasteiger partial charge in [0.1, 0.15) is 0 Å². The molecule has 0 spiro atoms. The zero-order valence-corrected chi connectivity index (χ0v) is 14.4. The van der Waals surface area contributed by atoms with Crippen LogP contribution in [0, 0.1) is 0 Å². The van der Waals surface area contributed by atoms with Crippen LogP contribution in [0.15, 0.2) is 28.7 Å². The second-order valence-corrected chi connectivity index (χ2v) is 6.71. The summed E-state index contributed by atoms with van der Waals surface area (Å²) in [5.41, 5.74) is 1.36. The Bertz CT molecular complexity index is 422. The summed E-state index contributed by atoms with van der Waals surface area (Å²) in [5.74, 6) is 0. The van der Waals surface area contributed by atoms with E-state index in [1.807, 2.05) is 0 Å². The van der Waals surface area contributed by atoms with Gasteiger partial charge in [0, 0.05) is 29.6 Å². The molecule has 0 bridgehead atoms. The van der Waals surface area contributed by atoms with Gasteiger partial charge in [-0.1, -0.05) is 34.1 Å². The van der Waals surface area contributed by atoms with Crippen molar-refractivity contribution >= 4 is 15.9 Å². The molecule has 0 radical (unpaired) electrons. The molecule has 20 heavy (non-hydrogen) atoms. The summed E-state index contributed by atoms with van der Waals surface area (Å²) in [6, 6.07) is 9.66. The van der Waals surface area contributed by atoms with Gasteiger partial charge in [-0.05, 0) is 52.2 Å². The molecule has 0 aromatic heterocycles. The largest absolute Gasteiger partial charge is 0.313 e. The van der Waals surface area contributed by atoms with Gasteiger partial charge in [0.2, 0.25) is 0 Å². The third-order valence-electron chi connectivity index (χ3n) is 4.34. The lowest BCUT2D eigenvalue weighted by Gasteiger charge is -2.23. The van der Waals surface area contributed by atoms with Crippen LogP contribution in [0.2, 0.25) is 0 Å².